The zero-order valence-electron chi connectivity index (χ0n) is 21.1. The fourth-order valence-corrected chi connectivity index (χ4v) is 5.16. The van der Waals surface area contributed by atoms with Gasteiger partial charge < -0.3 is 10.2 Å². The molecular weight excluding hydrogens is 523 g/mol. The summed E-state index contributed by atoms with van der Waals surface area (Å²) >= 11 is 12.8. The molecule has 2 aromatic carbocycles. The number of hydrogen-bond donors (Lipinski definition) is 1. The Balaban J connectivity index is 2.50. The maximum Gasteiger partial charge on any atom is 0.304 e. The molecule has 36 heavy (non-hydrogen) atoms. The van der Waals surface area contributed by atoms with Crippen molar-refractivity contribution in [1.29, 1.82) is 0 Å². The van der Waals surface area contributed by atoms with Crippen molar-refractivity contribution in [3.63, 3.8) is 0 Å². The van der Waals surface area contributed by atoms with Crippen LogP contribution in [0.1, 0.15) is 38.7 Å². The van der Waals surface area contributed by atoms with E-state index in [0.29, 0.717) is 34.3 Å². The van der Waals surface area contributed by atoms with Gasteiger partial charge in [0.1, 0.15) is 12.6 Å². The molecule has 0 aliphatic carbocycles. The predicted molar refractivity (Wildman–Crippen MR) is 145 cm³/mol. The second-order valence-corrected chi connectivity index (χ2v) is 11.3. The zero-order chi connectivity index (χ0) is 26.9. The van der Waals surface area contributed by atoms with Gasteiger partial charge in [0.05, 0.1) is 5.69 Å². The number of para-hydroxylation sites is 1. The molecule has 11 heteroatoms. The summed E-state index contributed by atoms with van der Waals surface area (Å²) in [5, 5.41) is 3.58. The molecule has 2 aromatic rings. The summed E-state index contributed by atoms with van der Waals surface area (Å²) in [6.07, 6.45) is 2.02. The third kappa shape index (κ3) is 7.59. The Bertz CT molecular complexity index is 1110. The molecule has 0 aliphatic heterocycles. The molecule has 0 saturated heterocycles. The summed E-state index contributed by atoms with van der Waals surface area (Å²) in [6.45, 7) is 3.73. The lowest BCUT2D eigenvalue weighted by Gasteiger charge is -2.34. The van der Waals surface area contributed by atoms with E-state index in [2.05, 4.69) is 5.32 Å². The molecule has 0 aliphatic rings. The second kappa shape index (κ2) is 13.8. The number of nitrogens with zero attached hydrogens (tertiary/aromatic N) is 3. The van der Waals surface area contributed by atoms with E-state index in [-0.39, 0.29) is 12.5 Å². The molecule has 0 radical (unpaired) electrons. The van der Waals surface area contributed by atoms with E-state index in [1.165, 1.54) is 19.0 Å². The van der Waals surface area contributed by atoms with Gasteiger partial charge in [-0.3, -0.25) is 9.59 Å². The number of benzene rings is 2. The van der Waals surface area contributed by atoms with E-state index < -0.39 is 28.7 Å². The number of amides is 2. The van der Waals surface area contributed by atoms with Crippen molar-refractivity contribution >= 4 is 50.9 Å². The average Bonchev–Trinajstić information content (AvgIpc) is 2.84. The van der Waals surface area contributed by atoms with Crippen LogP contribution < -0.4 is 9.62 Å². The van der Waals surface area contributed by atoms with E-state index in [1.54, 1.807) is 55.5 Å². The summed E-state index contributed by atoms with van der Waals surface area (Å²) in [6, 6.07) is 12.5. The molecule has 1 N–H and O–H groups in total. The van der Waals surface area contributed by atoms with Crippen LogP contribution in [0.25, 0.3) is 0 Å². The van der Waals surface area contributed by atoms with Crippen LogP contribution in [0.15, 0.2) is 48.5 Å². The number of nitrogens with one attached hydrogen (secondary N) is 1. The third-order valence-corrected chi connectivity index (χ3v) is 8.20. The fraction of sp³-hybridized carbons (Fsp3) is 0.440. The SMILES string of the molecule is CCCCNC(=O)C(CC)N(Cc1c(Cl)cccc1Cl)C(=O)CN(c1ccccc1)S(=O)(=O)N(C)C. The molecule has 0 fully saturated rings. The molecule has 2 amide bonds. The van der Waals surface area contributed by atoms with Crippen molar-refractivity contribution in [1.82, 2.24) is 14.5 Å². The number of rotatable bonds is 13. The van der Waals surface area contributed by atoms with Crippen molar-refractivity contribution in [2.75, 3.05) is 31.5 Å². The lowest BCUT2D eigenvalue weighted by Crippen LogP contribution is -2.53. The summed E-state index contributed by atoms with van der Waals surface area (Å²) < 4.78 is 28.4. The molecule has 0 bridgehead atoms. The molecule has 1 atom stereocenters. The van der Waals surface area contributed by atoms with Gasteiger partial charge in [0.25, 0.3) is 0 Å². The van der Waals surface area contributed by atoms with Crippen LogP contribution in [-0.2, 0) is 26.3 Å². The van der Waals surface area contributed by atoms with Crippen molar-refractivity contribution < 1.29 is 18.0 Å². The second-order valence-electron chi connectivity index (χ2n) is 8.42. The van der Waals surface area contributed by atoms with Crippen LogP contribution in [0.5, 0.6) is 0 Å². The van der Waals surface area contributed by atoms with Gasteiger partial charge in [-0.2, -0.15) is 12.7 Å². The predicted octanol–water partition coefficient (Wildman–Crippen LogP) is 4.33. The third-order valence-electron chi connectivity index (χ3n) is 5.67. The zero-order valence-corrected chi connectivity index (χ0v) is 23.4. The normalized spacial score (nSPS) is 12.3. The average molecular weight is 558 g/mol. The Kier molecular flexibility index (Phi) is 11.5. The van der Waals surface area contributed by atoms with Crippen LogP contribution in [0.4, 0.5) is 5.69 Å². The van der Waals surface area contributed by atoms with E-state index in [4.69, 9.17) is 23.2 Å². The van der Waals surface area contributed by atoms with Crippen molar-refractivity contribution in [3.8, 4) is 0 Å². The van der Waals surface area contributed by atoms with Crippen molar-refractivity contribution in [2.45, 2.75) is 45.7 Å². The maximum atomic E-state index is 13.8. The van der Waals surface area contributed by atoms with Gasteiger partial charge in [-0.05, 0) is 37.1 Å². The Morgan fingerprint density at radius 1 is 0.972 bits per heavy atom. The Morgan fingerprint density at radius 3 is 2.11 bits per heavy atom. The highest BCUT2D eigenvalue weighted by atomic mass is 35.5. The highest BCUT2D eigenvalue weighted by Crippen LogP contribution is 2.28. The molecule has 1 unspecified atom stereocenters. The van der Waals surface area contributed by atoms with Gasteiger partial charge in [-0.1, -0.05) is 67.7 Å². The van der Waals surface area contributed by atoms with E-state index in [9.17, 15) is 18.0 Å². The number of carbonyl (C=O) groups is 2. The first-order chi connectivity index (χ1) is 17.0. The van der Waals surface area contributed by atoms with Gasteiger partial charge in [-0.25, -0.2) is 4.31 Å². The Morgan fingerprint density at radius 2 is 1.58 bits per heavy atom. The lowest BCUT2D eigenvalue weighted by atomic mass is 10.1. The lowest BCUT2D eigenvalue weighted by molar-refractivity contribution is -0.140. The maximum absolute atomic E-state index is 13.8. The van der Waals surface area contributed by atoms with Gasteiger partial charge in [-0.15, -0.1) is 0 Å². The molecule has 0 aromatic heterocycles. The minimum Gasteiger partial charge on any atom is -0.354 e. The van der Waals surface area contributed by atoms with Crippen LogP contribution in [0.2, 0.25) is 10.0 Å². The van der Waals surface area contributed by atoms with Crippen LogP contribution in [0, 0.1) is 0 Å². The topological polar surface area (TPSA) is 90.0 Å². The molecule has 0 heterocycles. The summed E-state index contributed by atoms with van der Waals surface area (Å²) in [7, 11) is -1.22. The summed E-state index contributed by atoms with van der Waals surface area (Å²) in [5.41, 5.74) is 0.812. The van der Waals surface area contributed by atoms with Crippen LogP contribution in [-0.4, -0.2) is 62.7 Å². The number of anilines is 1. The highest BCUT2D eigenvalue weighted by molar-refractivity contribution is 7.90. The van der Waals surface area contributed by atoms with E-state index in [1.807, 2.05) is 6.92 Å². The number of hydrogen-bond acceptors (Lipinski definition) is 4. The Labute approximate surface area is 224 Å². The molecule has 8 nitrogen and oxygen atoms in total. The van der Waals surface area contributed by atoms with Gasteiger partial charge in [0, 0.05) is 42.8 Å². The summed E-state index contributed by atoms with van der Waals surface area (Å²) in [5.74, 6) is -0.873. The molecule has 198 valence electrons. The van der Waals surface area contributed by atoms with Crippen molar-refractivity contribution in [2.24, 2.45) is 0 Å². The number of halogens is 2. The van der Waals surface area contributed by atoms with E-state index >= 15 is 0 Å². The van der Waals surface area contributed by atoms with Gasteiger partial charge in [0.2, 0.25) is 11.8 Å². The van der Waals surface area contributed by atoms with Crippen LogP contribution in [0.3, 0.4) is 0 Å². The number of unbranched alkanes of at least 4 members (excludes halogenated alkanes) is 1. The first-order valence-corrected chi connectivity index (χ1v) is 13.9. The minimum atomic E-state index is -4.01. The highest BCUT2D eigenvalue weighted by Gasteiger charge is 2.34. The first-order valence-electron chi connectivity index (χ1n) is 11.8. The van der Waals surface area contributed by atoms with E-state index in [0.717, 1.165) is 21.5 Å². The minimum absolute atomic E-state index is 0.0539. The monoisotopic (exact) mass is 556 g/mol. The fourth-order valence-electron chi connectivity index (χ4n) is 3.59. The largest absolute Gasteiger partial charge is 0.354 e. The smallest absolute Gasteiger partial charge is 0.304 e. The molecule has 0 saturated carbocycles. The van der Waals surface area contributed by atoms with Crippen LogP contribution >= 0.6 is 23.2 Å². The standard InChI is InChI=1S/C25H34Cl2N4O4S/c1-5-7-16-28-25(33)23(6-2)30(17-20-21(26)14-11-15-22(20)27)24(32)18-31(36(34,35)29(3)4)19-12-9-8-10-13-19/h8-15,23H,5-7,16-18H2,1-4H3,(H,28,33). The molecule has 0 spiro atoms. The number of carbonyl (C=O) groups excluding carboxylic acids is 2. The molecule has 2 rings (SSSR count). The first kappa shape index (κ1) is 29.9. The van der Waals surface area contributed by atoms with Gasteiger partial charge in [0.15, 0.2) is 0 Å². The van der Waals surface area contributed by atoms with Gasteiger partial charge >= 0.3 is 10.2 Å². The quantitative estimate of drug-likeness (QED) is 0.372. The molecular formula is C25H34Cl2N4O4S. The summed E-state index contributed by atoms with van der Waals surface area (Å²) in [4.78, 5) is 28.3. The Hall–Kier alpha value is -2.33. The van der Waals surface area contributed by atoms with Crippen molar-refractivity contribution in [3.05, 3.63) is 64.1 Å².